The standard InChI is InChI=1S/C19H25NO/c1-3-5-6-17-8-11-19(12-9-17)21-14-13-18-10-7-16(4-2)15-20-18/h7-12,15H,3-6,13-14H2,1-2H3. The van der Waals surface area contributed by atoms with Crippen molar-refractivity contribution >= 4 is 0 Å². The van der Waals surface area contributed by atoms with Crippen LogP contribution in [-0.2, 0) is 19.3 Å². The van der Waals surface area contributed by atoms with Gasteiger partial charge in [0.25, 0.3) is 0 Å². The summed E-state index contributed by atoms with van der Waals surface area (Å²) in [6, 6.07) is 12.7. The van der Waals surface area contributed by atoms with Crippen molar-refractivity contribution in [2.24, 2.45) is 0 Å². The van der Waals surface area contributed by atoms with E-state index in [-0.39, 0.29) is 0 Å². The Morgan fingerprint density at radius 3 is 2.29 bits per heavy atom. The Morgan fingerprint density at radius 2 is 1.67 bits per heavy atom. The molecule has 0 aliphatic rings. The summed E-state index contributed by atoms with van der Waals surface area (Å²) in [5.74, 6) is 0.945. The lowest BCUT2D eigenvalue weighted by atomic mass is 10.1. The summed E-state index contributed by atoms with van der Waals surface area (Å²) in [6.07, 6.45) is 7.49. The number of hydrogen-bond donors (Lipinski definition) is 0. The molecule has 0 saturated carbocycles. The number of pyridine rings is 1. The molecule has 0 atom stereocenters. The van der Waals surface area contributed by atoms with E-state index in [0.29, 0.717) is 6.61 Å². The first-order chi connectivity index (χ1) is 10.3. The molecule has 0 fully saturated rings. The maximum absolute atomic E-state index is 5.79. The minimum absolute atomic E-state index is 0.673. The van der Waals surface area contributed by atoms with Crippen molar-refractivity contribution < 1.29 is 4.74 Å². The number of ether oxygens (including phenoxy) is 1. The molecule has 0 amide bonds. The van der Waals surface area contributed by atoms with Gasteiger partial charge in [-0.05, 0) is 48.6 Å². The quantitative estimate of drug-likeness (QED) is 0.706. The van der Waals surface area contributed by atoms with Crippen molar-refractivity contribution in [3.8, 4) is 5.75 Å². The molecule has 112 valence electrons. The molecule has 0 saturated heterocycles. The zero-order valence-electron chi connectivity index (χ0n) is 13.1. The van der Waals surface area contributed by atoms with Crippen molar-refractivity contribution in [1.29, 1.82) is 0 Å². The summed E-state index contributed by atoms with van der Waals surface area (Å²) in [5.41, 5.74) is 3.76. The second kappa shape index (κ2) is 8.46. The average molecular weight is 283 g/mol. The summed E-state index contributed by atoms with van der Waals surface area (Å²) in [5, 5.41) is 0. The molecule has 2 heteroatoms. The molecule has 0 radical (unpaired) electrons. The second-order valence-electron chi connectivity index (χ2n) is 5.36. The molecule has 21 heavy (non-hydrogen) atoms. The first kappa shape index (κ1) is 15.6. The number of hydrogen-bond acceptors (Lipinski definition) is 2. The molecule has 0 aliphatic heterocycles. The summed E-state index contributed by atoms with van der Waals surface area (Å²) in [7, 11) is 0. The molecule has 0 unspecified atom stereocenters. The highest BCUT2D eigenvalue weighted by atomic mass is 16.5. The molecule has 0 aliphatic carbocycles. The predicted octanol–water partition coefficient (Wildman–Crippen LogP) is 4.61. The van der Waals surface area contributed by atoms with Gasteiger partial charge in [-0.25, -0.2) is 0 Å². The zero-order chi connectivity index (χ0) is 14.9. The van der Waals surface area contributed by atoms with Crippen LogP contribution in [0.4, 0.5) is 0 Å². The van der Waals surface area contributed by atoms with Crippen molar-refractivity contribution in [2.45, 2.75) is 46.0 Å². The molecule has 0 bridgehead atoms. The Morgan fingerprint density at radius 1 is 0.905 bits per heavy atom. The first-order valence-electron chi connectivity index (χ1n) is 7.97. The molecular formula is C19H25NO. The van der Waals surface area contributed by atoms with Crippen LogP contribution >= 0.6 is 0 Å². The van der Waals surface area contributed by atoms with E-state index in [1.165, 1.54) is 24.0 Å². The Balaban J connectivity index is 1.77. The van der Waals surface area contributed by atoms with Gasteiger partial charge in [-0.3, -0.25) is 4.98 Å². The minimum Gasteiger partial charge on any atom is -0.493 e. The van der Waals surface area contributed by atoms with E-state index in [9.17, 15) is 0 Å². The highest BCUT2D eigenvalue weighted by Gasteiger charge is 1.98. The molecule has 1 aromatic heterocycles. The zero-order valence-corrected chi connectivity index (χ0v) is 13.1. The van der Waals surface area contributed by atoms with Crippen LogP contribution < -0.4 is 4.74 Å². The van der Waals surface area contributed by atoms with E-state index in [0.717, 1.165) is 30.7 Å². The van der Waals surface area contributed by atoms with Crippen molar-refractivity contribution in [2.75, 3.05) is 6.61 Å². The van der Waals surface area contributed by atoms with E-state index in [2.05, 4.69) is 55.2 Å². The second-order valence-corrected chi connectivity index (χ2v) is 5.36. The summed E-state index contributed by atoms with van der Waals surface area (Å²) in [4.78, 5) is 4.45. The maximum Gasteiger partial charge on any atom is 0.119 e. The van der Waals surface area contributed by atoms with Crippen molar-refractivity contribution in [3.63, 3.8) is 0 Å². The summed E-state index contributed by atoms with van der Waals surface area (Å²) in [6.45, 7) is 5.04. The molecule has 1 aromatic carbocycles. The molecule has 2 aromatic rings. The SMILES string of the molecule is CCCCc1ccc(OCCc2ccc(CC)cn2)cc1. The van der Waals surface area contributed by atoms with E-state index in [1.807, 2.05) is 6.20 Å². The van der Waals surface area contributed by atoms with Gasteiger partial charge in [-0.2, -0.15) is 0 Å². The highest BCUT2D eigenvalue weighted by molar-refractivity contribution is 5.27. The molecule has 2 nitrogen and oxygen atoms in total. The third kappa shape index (κ3) is 5.22. The highest BCUT2D eigenvalue weighted by Crippen LogP contribution is 2.14. The lowest BCUT2D eigenvalue weighted by Gasteiger charge is -2.07. The van der Waals surface area contributed by atoms with Crippen LogP contribution in [0.1, 0.15) is 43.5 Å². The fraction of sp³-hybridized carbons (Fsp3) is 0.421. The van der Waals surface area contributed by atoms with Crippen LogP contribution in [0.15, 0.2) is 42.6 Å². The van der Waals surface area contributed by atoms with E-state index < -0.39 is 0 Å². The van der Waals surface area contributed by atoms with Crippen LogP contribution in [0.5, 0.6) is 5.75 Å². The van der Waals surface area contributed by atoms with Gasteiger partial charge in [0, 0.05) is 18.3 Å². The Hall–Kier alpha value is -1.83. The van der Waals surface area contributed by atoms with Crippen LogP contribution in [0.2, 0.25) is 0 Å². The van der Waals surface area contributed by atoms with Gasteiger partial charge in [-0.1, -0.05) is 38.5 Å². The van der Waals surface area contributed by atoms with Gasteiger partial charge in [0.15, 0.2) is 0 Å². The van der Waals surface area contributed by atoms with E-state index in [4.69, 9.17) is 4.74 Å². The Kier molecular flexibility index (Phi) is 6.26. The number of aromatic nitrogens is 1. The fourth-order valence-corrected chi connectivity index (χ4v) is 2.22. The number of rotatable bonds is 8. The Bertz CT molecular complexity index is 516. The lowest BCUT2D eigenvalue weighted by Crippen LogP contribution is -2.03. The van der Waals surface area contributed by atoms with Gasteiger partial charge < -0.3 is 4.74 Å². The van der Waals surface area contributed by atoms with Gasteiger partial charge in [-0.15, -0.1) is 0 Å². The molecule has 1 heterocycles. The monoisotopic (exact) mass is 283 g/mol. The lowest BCUT2D eigenvalue weighted by molar-refractivity contribution is 0.320. The van der Waals surface area contributed by atoms with E-state index in [1.54, 1.807) is 0 Å². The number of nitrogens with zero attached hydrogens (tertiary/aromatic N) is 1. The topological polar surface area (TPSA) is 22.1 Å². The first-order valence-corrected chi connectivity index (χ1v) is 7.97. The summed E-state index contributed by atoms with van der Waals surface area (Å²) >= 11 is 0. The predicted molar refractivity (Wildman–Crippen MR) is 87.9 cm³/mol. The van der Waals surface area contributed by atoms with Gasteiger partial charge >= 0.3 is 0 Å². The van der Waals surface area contributed by atoms with Gasteiger partial charge in [0.2, 0.25) is 0 Å². The van der Waals surface area contributed by atoms with E-state index >= 15 is 0 Å². The van der Waals surface area contributed by atoms with Crippen molar-refractivity contribution in [1.82, 2.24) is 4.98 Å². The van der Waals surface area contributed by atoms with Crippen molar-refractivity contribution in [3.05, 3.63) is 59.4 Å². The maximum atomic E-state index is 5.79. The van der Waals surface area contributed by atoms with Gasteiger partial charge in [0.05, 0.1) is 6.61 Å². The third-order valence-corrected chi connectivity index (χ3v) is 3.66. The third-order valence-electron chi connectivity index (χ3n) is 3.66. The summed E-state index contributed by atoms with van der Waals surface area (Å²) < 4.78 is 5.79. The fourth-order valence-electron chi connectivity index (χ4n) is 2.22. The normalized spacial score (nSPS) is 10.6. The smallest absolute Gasteiger partial charge is 0.119 e. The largest absolute Gasteiger partial charge is 0.493 e. The van der Waals surface area contributed by atoms with Gasteiger partial charge in [0.1, 0.15) is 5.75 Å². The van der Waals surface area contributed by atoms with Crippen LogP contribution in [0.3, 0.4) is 0 Å². The molecular weight excluding hydrogens is 258 g/mol. The van der Waals surface area contributed by atoms with Crippen LogP contribution in [0, 0.1) is 0 Å². The van der Waals surface area contributed by atoms with Crippen LogP contribution in [-0.4, -0.2) is 11.6 Å². The average Bonchev–Trinajstić information content (AvgIpc) is 2.55. The number of benzene rings is 1. The number of aryl methyl sites for hydroxylation is 2. The molecule has 2 rings (SSSR count). The number of unbranched alkanes of at least 4 members (excludes halogenated alkanes) is 1. The Labute approximate surface area is 128 Å². The minimum atomic E-state index is 0.673. The molecule has 0 N–H and O–H groups in total. The molecule has 0 spiro atoms. The van der Waals surface area contributed by atoms with Crippen LogP contribution in [0.25, 0.3) is 0 Å².